The van der Waals surface area contributed by atoms with Gasteiger partial charge in [0.15, 0.2) is 18.1 Å². The third-order valence-corrected chi connectivity index (χ3v) is 3.70. The third-order valence-electron chi connectivity index (χ3n) is 3.70. The molecule has 0 unspecified atom stereocenters. The predicted octanol–water partition coefficient (Wildman–Crippen LogP) is 1.67. The standard InChI is InChI=1S/C19H28N2O7/c1-12(2)6-7-20-19(24)21-16(22)11-28-17(23)10-13-8-14(25-3)18(27-5)15(9-13)26-4/h8-9,12H,6-7,10-11H2,1-5H3,(H2,20,21,22,24). The number of amides is 3. The van der Waals surface area contributed by atoms with Crippen LogP contribution >= 0.6 is 0 Å². The van der Waals surface area contributed by atoms with Gasteiger partial charge in [0.2, 0.25) is 5.75 Å². The van der Waals surface area contributed by atoms with Gasteiger partial charge in [0.1, 0.15) is 0 Å². The minimum absolute atomic E-state index is 0.107. The Balaban J connectivity index is 2.52. The van der Waals surface area contributed by atoms with Crippen LogP contribution in [0, 0.1) is 5.92 Å². The fraction of sp³-hybridized carbons (Fsp3) is 0.526. The summed E-state index contributed by atoms with van der Waals surface area (Å²) in [6, 6.07) is 2.61. The van der Waals surface area contributed by atoms with Crippen molar-refractivity contribution in [1.82, 2.24) is 10.6 Å². The van der Waals surface area contributed by atoms with Crippen molar-refractivity contribution < 1.29 is 33.3 Å². The highest BCUT2D eigenvalue weighted by atomic mass is 16.5. The number of carbonyl (C=O) groups is 3. The maximum absolute atomic E-state index is 12.0. The van der Waals surface area contributed by atoms with Gasteiger partial charge in [-0.05, 0) is 30.0 Å². The van der Waals surface area contributed by atoms with Gasteiger partial charge in [0.05, 0.1) is 27.8 Å². The lowest BCUT2D eigenvalue weighted by Gasteiger charge is -2.14. The van der Waals surface area contributed by atoms with Gasteiger partial charge in [0, 0.05) is 6.54 Å². The molecular formula is C19H28N2O7. The average Bonchev–Trinajstić information content (AvgIpc) is 2.65. The molecule has 9 heteroatoms. The van der Waals surface area contributed by atoms with Gasteiger partial charge < -0.3 is 24.3 Å². The van der Waals surface area contributed by atoms with Crippen LogP contribution < -0.4 is 24.8 Å². The maximum atomic E-state index is 12.0. The molecule has 1 aromatic carbocycles. The molecule has 0 fully saturated rings. The minimum Gasteiger partial charge on any atom is -0.493 e. The molecule has 0 aliphatic rings. The van der Waals surface area contributed by atoms with Gasteiger partial charge in [0.25, 0.3) is 5.91 Å². The SMILES string of the molecule is COc1cc(CC(=O)OCC(=O)NC(=O)NCCC(C)C)cc(OC)c1OC. The molecule has 0 atom stereocenters. The quantitative estimate of drug-likeness (QED) is 0.579. The minimum atomic E-state index is -0.708. The second-order valence-electron chi connectivity index (χ2n) is 6.36. The van der Waals surface area contributed by atoms with Crippen molar-refractivity contribution in [3.8, 4) is 17.2 Å². The Kier molecular flexibility index (Phi) is 9.63. The second kappa shape index (κ2) is 11.7. The van der Waals surface area contributed by atoms with E-state index in [2.05, 4.69) is 10.6 Å². The van der Waals surface area contributed by atoms with Gasteiger partial charge in [-0.1, -0.05) is 13.8 Å². The Labute approximate surface area is 164 Å². The monoisotopic (exact) mass is 396 g/mol. The van der Waals surface area contributed by atoms with E-state index in [1.165, 1.54) is 21.3 Å². The molecule has 0 aromatic heterocycles. The molecule has 0 spiro atoms. The van der Waals surface area contributed by atoms with Gasteiger partial charge >= 0.3 is 12.0 Å². The molecule has 9 nitrogen and oxygen atoms in total. The zero-order valence-corrected chi connectivity index (χ0v) is 16.9. The first kappa shape index (κ1) is 23.1. The Morgan fingerprint density at radius 3 is 2.11 bits per heavy atom. The largest absolute Gasteiger partial charge is 0.493 e. The molecule has 0 heterocycles. The summed E-state index contributed by atoms with van der Waals surface area (Å²) in [7, 11) is 4.41. The number of carbonyl (C=O) groups excluding carboxylic acids is 3. The van der Waals surface area contributed by atoms with Crippen molar-refractivity contribution >= 4 is 17.9 Å². The summed E-state index contributed by atoms with van der Waals surface area (Å²) >= 11 is 0. The zero-order chi connectivity index (χ0) is 21.1. The fourth-order valence-electron chi connectivity index (χ4n) is 2.28. The van der Waals surface area contributed by atoms with Crippen molar-refractivity contribution in [1.29, 1.82) is 0 Å². The molecular weight excluding hydrogens is 368 g/mol. The van der Waals surface area contributed by atoms with E-state index in [1.54, 1.807) is 12.1 Å². The number of imide groups is 1. The van der Waals surface area contributed by atoms with E-state index in [-0.39, 0.29) is 6.42 Å². The second-order valence-corrected chi connectivity index (χ2v) is 6.36. The summed E-state index contributed by atoms with van der Waals surface area (Å²) in [4.78, 5) is 35.2. The lowest BCUT2D eigenvalue weighted by molar-refractivity contribution is -0.147. The summed E-state index contributed by atoms with van der Waals surface area (Å²) in [5.74, 6) is 0.308. The number of nitrogens with one attached hydrogen (secondary N) is 2. The molecule has 1 aromatic rings. The van der Waals surface area contributed by atoms with E-state index < -0.39 is 24.5 Å². The number of urea groups is 1. The van der Waals surface area contributed by atoms with E-state index in [1.807, 2.05) is 13.8 Å². The number of ether oxygens (including phenoxy) is 4. The molecule has 3 amide bonds. The van der Waals surface area contributed by atoms with E-state index in [0.29, 0.717) is 35.3 Å². The predicted molar refractivity (Wildman–Crippen MR) is 102 cm³/mol. The first-order valence-corrected chi connectivity index (χ1v) is 8.82. The third kappa shape index (κ3) is 7.73. The highest BCUT2D eigenvalue weighted by Gasteiger charge is 2.16. The molecule has 0 saturated heterocycles. The van der Waals surface area contributed by atoms with Crippen LogP contribution in [0.2, 0.25) is 0 Å². The number of benzene rings is 1. The van der Waals surface area contributed by atoms with E-state index in [0.717, 1.165) is 6.42 Å². The fourth-order valence-corrected chi connectivity index (χ4v) is 2.28. The highest BCUT2D eigenvalue weighted by molar-refractivity contribution is 5.95. The first-order chi connectivity index (χ1) is 13.3. The number of hydrogen-bond acceptors (Lipinski definition) is 7. The highest BCUT2D eigenvalue weighted by Crippen LogP contribution is 2.38. The summed E-state index contributed by atoms with van der Waals surface area (Å²) in [5, 5.41) is 4.66. The van der Waals surface area contributed by atoms with Gasteiger partial charge in [-0.15, -0.1) is 0 Å². The van der Waals surface area contributed by atoms with Crippen LogP contribution in [-0.4, -0.2) is 52.4 Å². The molecule has 28 heavy (non-hydrogen) atoms. The first-order valence-electron chi connectivity index (χ1n) is 8.82. The summed E-state index contributed by atoms with van der Waals surface area (Å²) in [5.41, 5.74) is 0.561. The lowest BCUT2D eigenvalue weighted by atomic mass is 10.1. The van der Waals surface area contributed by atoms with E-state index in [4.69, 9.17) is 18.9 Å². The van der Waals surface area contributed by atoms with Gasteiger partial charge in [-0.25, -0.2) is 4.79 Å². The topological polar surface area (TPSA) is 112 Å². The number of methoxy groups -OCH3 is 3. The van der Waals surface area contributed by atoms with Gasteiger partial charge in [-0.3, -0.25) is 14.9 Å². The molecule has 0 radical (unpaired) electrons. The molecule has 0 aliphatic carbocycles. The van der Waals surface area contributed by atoms with Crippen molar-refractivity contribution in [3.05, 3.63) is 17.7 Å². The zero-order valence-electron chi connectivity index (χ0n) is 16.9. The van der Waals surface area contributed by atoms with Crippen molar-refractivity contribution in [3.63, 3.8) is 0 Å². The van der Waals surface area contributed by atoms with Crippen LogP contribution in [0.3, 0.4) is 0 Å². The van der Waals surface area contributed by atoms with Crippen LogP contribution in [0.4, 0.5) is 4.79 Å². The molecule has 0 bridgehead atoms. The van der Waals surface area contributed by atoms with Crippen molar-refractivity contribution in [2.45, 2.75) is 26.7 Å². The summed E-state index contributed by atoms with van der Waals surface area (Å²) in [6.45, 7) is 3.95. The Morgan fingerprint density at radius 1 is 1.00 bits per heavy atom. The molecule has 1 rings (SSSR count). The Morgan fingerprint density at radius 2 is 1.61 bits per heavy atom. The molecule has 156 valence electrons. The average molecular weight is 396 g/mol. The van der Waals surface area contributed by atoms with E-state index in [9.17, 15) is 14.4 Å². The Hall–Kier alpha value is -2.97. The molecule has 0 aliphatic heterocycles. The normalized spacial score (nSPS) is 10.2. The van der Waals surface area contributed by atoms with Crippen LogP contribution in [0.1, 0.15) is 25.8 Å². The molecule has 0 saturated carbocycles. The summed E-state index contributed by atoms with van der Waals surface area (Å²) in [6.07, 6.45) is 0.690. The smallest absolute Gasteiger partial charge is 0.321 e. The summed E-state index contributed by atoms with van der Waals surface area (Å²) < 4.78 is 20.6. The molecule has 2 N–H and O–H groups in total. The van der Waals surface area contributed by atoms with Gasteiger partial charge in [-0.2, -0.15) is 0 Å². The van der Waals surface area contributed by atoms with E-state index >= 15 is 0 Å². The maximum Gasteiger partial charge on any atom is 0.321 e. The van der Waals surface area contributed by atoms with Crippen LogP contribution in [0.5, 0.6) is 17.2 Å². The van der Waals surface area contributed by atoms with Crippen molar-refractivity contribution in [2.24, 2.45) is 5.92 Å². The van der Waals surface area contributed by atoms with Crippen LogP contribution in [-0.2, 0) is 20.7 Å². The van der Waals surface area contributed by atoms with Crippen LogP contribution in [0.25, 0.3) is 0 Å². The number of esters is 1. The lowest BCUT2D eigenvalue weighted by Crippen LogP contribution is -2.42. The van der Waals surface area contributed by atoms with Crippen LogP contribution in [0.15, 0.2) is 12.1 Å². The number of hydrogen-bond donors (Lipinski definition) is 2. The number of rotatable bonds is 10. The van der Waals surface area contributed by atoms with Crippen molar-refractivity contribution in [2.75, 3.05) is 34.5 Å². The Bertz CT molecular complexity index is 664.